The van der Waals surface area contributed by atoms with Gasteiger partial charge in [0.2, 0.25) is 0 Å². The maximum Gasteiger partial charge on any atom is 0.253 e. The smallest absolute Gasteiger partial charge is 0.253 e. The number of nitrogens with zero attached hydrogens (tertiary/aromatic N) is 1. The molecule has 2 aliphatic heterocycles. The number of amides is 1. The molecule has 194 valence electrons. The second-order valence-electron chi connectivity index (χ2n) is 9.02. The highest BCUT2D eigenvalue weighted by molar-refractivity contribution is 6.34. The number of carbonyl (C=O) groups is 1. The third-order valence-corrected chi connectivity index (χ3v) is 7.31. The van der Waals surface area contributed by atoms with Gasteiger partial charge in [-0.1, -0.05) is 41.9 Å². The number of ether oxygens (including phenoxy) is 2. The fraction of sp³-hybridized carbons (Fsp3) is 0.333. The quantitative estimate of drug-likeness (QED) is 0.428. The van der Waals surface area contributed by atoms with Crippen LogP contribution in [0.1, 0.15) is 34.3 Å². The first kappa shape index (κ1) is 25.4. The molecule has 37 heavy (non-hydrogen) atoms. The van der Waals surface area contributed by atoms with E-state index >= 15 is 8.78 Å². The van der Waals surface area contributed by atoms with E-state index in [1.54, 1.807) is 0 Å². The first-order chi connectivity index (χ1) is 17.9. The van der Waals surface area contributed by atoms with E-state index in [-0.39, 0.29) is 53.1 Å². The number of hydrogen-bond donors (Lipinski definition) is 3. The fourth-order valence-corrected chi connectivity index (χ4v) is 5.55. The SMILES string of the molecule is CNC(=O)c1cnc(OCCO)c(F)c1-c1c(Cl)c(F)cc2c1C[C@](c1ccccc1)([C@@H]1CCCN1)O2. The molecule has 1 amide bonds. The molecule has 0 saturated carbocycles. The Morgan fingerprint density at radius 1 is 1.32 bits per heavy atom. The van der Waals surface area contributed by atoms with Crippen molar-refractivity contribution in [1.82, 2.24) is 15.6 Å². The molecule has 1 saturated heterocycles. The molecule has 0 aliphatic carbocycles. The minimum atomic E-state index is -0.986. The van der Waals surface area contributed by atoms with Gasteiger partial charge in [-0.25, -0.2) is 13.8 Å². The van der Waals surface area contributed by atoms with Crippen LogP contribution in [-0.4, -0.2) is 48.8 Å². The summed E-state index contributed by atoms with van der Waals surface area (Å²) in [6, 6.07) is 10.7. The van der Waals surface area contributed by atoms with Gasteiger partial charge in [0.05, 0.1) is 23.2 Å². The summed E-state index contributed by atoms with van der Waals surface area (Å²) in [5.41, 5.74) is 0.116. The summed E-state index contributed by atoms with van der Waals surface area (Å²) < 4.78 is 43.0. The van der Waals surface area contributed by atoms with E-state index in [0.29, 0.717) is 5.56 Å². The van der Waals surface area contributed by atoms with Gasteiger partial charge in [0, 0.05) is 42.4 Å². The summed E-state index contributed by atoms with van der Waals surface area (Å²) in [6.45, 7) is 0.225. The predicted octanol–water partition coefficient (Wildman–Crippen LogP) is 3.99. The van der Waals surface area contributed by atoms with Crippen LogP contribution in [0, 0.1) is 11.6 Å². The van der Waals surface area contributed by atoms with E-state index in [2.05, 4.69) is 15.6 Å². The van der Waals surface area contributed by atoms with E-state index in [4.69, 9.17) is 26.2 Å². The molecule has 2 atom stereocenters. The molecule has 2 aromatic carbocycles. The summed E-state index contributed by atoms with van der Waals surface area (Å²) in [4.78, 5) is 16.7. The van der Waals surface area contributed by atoms with Crippen LogP contribution in [0.4, 0.5) is 8.78 Å². The predicted molar refractivity (Wildman–Crippen MR) is 134 cm³/mol. The number of nitrogens with one attached hydrogen (secondary N) is 2. The first-order valence-corrected chi connectivity index (χ1v) is 12.4. The van der Waals surface area contributed by atoms with E-state index in [1.807, 2.05) is 30.3 Å². The van der Waals surface area contributed by atoms with Crippen molar-refractivity contribution in [3.8, 4) is 22.8 Å². The normalized spacial score (nSPS) is 20.4. The summed E-state index contributed by atoms with van der Waals surface area (Å²) in [7, 11) is 1.40. The Balaban J connectivity index is 1.75. The molecule has 0 unspecified atom stereocenters. The van der Waals surface area contributed by atoms with Crippen molar-refractivity contribution in [1.29, 1.82) is 0 Å². The number of hydrogen-bond acceptors (Lipinski definition) is 6. The average molecular weight is 530 g/mol. The molecule has 2 aliphatic rings. The molecule has 0 bridgehead atoms. The second kappa shape index (κ2) is 10.2. The number of aromatic nitrogens is 1. The minimum Gasteiger partial charge on any atom is -0.480 e. The van der Waals surface area contributed by atoms with Gasteiger partial charge in [0.25, 0.3) is 11.8 Å². The Kier molecular flexibility index (Phi) is 7.02. The van der Waals surface area contributed by atoms with E-state index in [9.17, 15) is 4.79 Å². The molecule has 10 heteroatoms. The summed E-state index contributed by atoms with van der Waals surface area (Å²) in [6.07, 6.45) is 3.20. The van der Waals surface area contributed by atoms with Crippen LogP contribution >= 0.6 is 11.6 Å². The Morgan fingerprint density at radius 2 is 2.11 bits per heavy atom. The average Bonchev–Trinajstić information content (AvgIpc) is 3.58. The molecule has 3 aromatic rings. The molecular weight excluding hydrogens is 504 g/mol. The number of aliphatic hydroxyl groups is 1. The lowest BCUT2D eigenvalue weighted by Gasteiger charge is -2.35. The van der Waals surface area contributed by atoms with Crippen LogP contribution in [0.5, 0.6) is 11.6 Å². The van der Waals surface area contributed by atoms with Gasteiger partial charge in [0.15, 0.2) is 11.4 Å². The number of pyridine rings is 1. The third-order valence-electron chi connectivity index (χ3n) is 6.94. The van der Waals surface area contributed by atoms with Gasteiger partial charge in [-0.2, -0.15) is 0 Å². The standard InChI is InChI=1S/C27H26ClF2N3O4/c1-31-25(35)17-14-33-26(36-11-10-34)24(30)22(17)21-16-13-27(20-8-5-9-32-20,15-6-3-2-4-7-15)37-19(16)12-18(29)23(21)28/h2-4,6-7,12,14,20,32,34H,5,8-11,13H2,1H3,(H,31,35)/t20-,27-/m0/s1. The highest BCUT2D eigenvalue weighted by atomic mass is 35.5. The Labute approximate surface area is 217 Å². The van der Waals surface area contributed by atoms with Gasteiger partial charge in [-0.3, -0.25) is 4.79 Å². The molecule has 5 rings (SSSR count). The van der Waals surface area contributed by atoms with Crippen molar-refractivity contribution in [2.75, 3.05) is 26.8 Å². The summed E-state index contributed by atoms with van der Waals surface area (Å²) in [5.74, 6) is -2.63. The van der Waals surface area contributed by atoms with Crippen molar-refractivity contribution in [2.24, 2.45) is 0 Å². The lowest BCUT2D eigenvalue weighted by Crippen LogP contribution is -2.48. The Bertz CT molecular complexity index is 1340. The van der Waals surface area contributed by atoms with Crippen LogP contribution in [0.15, 0.2) is 42.6 Å². The largest absolute Gasteiger partial charge is 0.480 e. The van der Waals surface area contributed by atoms with Crippen LogP contribution in [0.25, 0.3) is 11.1 Å². The number of rotatable bonds is 7. The number of fused-ring (bicyclic) bond motifs is 1. The van der Waals surface area contributed by atoms with E-state index < -0.39 is 29.0 Å². The number of halogens is 3. The molecule has 7 nitrogen and oxygen atoms in total. The maximum absolute atomic E-state index is 16.0. The lowest BCUT2D eigenvalue weighted by atomic mass is 9.80. The molecule has 0 radical (unpaired) electrons. The molecule has 1 fully saturated rings. The molecule has 3 heterocycles. The van der Waals surface area contributed by atoms with Crippen molar-refractivity contribution in [3.63, 3.8) is 0 Å². The van der Waals surface area contributed by atoms with Gasteiger partial charge in [0.1, 0.15) is 18.2 Å². The zero-order valence-corrected chi connectivity index (χ0v) is 20.9. The van der Waals surface area contributed by atoms with Gasteiger partial charge < -0.3 is 25.2 Å². The van der Waals surface area contributed by atoms with Crippen LogP contribution < -0.4 is 20.1 Å². The number of carbonyl (C=O) groups excluding carboxylic acids is 1. The fourth-order valence-electron chi connectivity index (χ4n) is 5.29. The molecule has 1 aromatic heterocycles. The van der Waals surface area contributed by atoms with Crippen LogP contribution in [-0.2, 0) is 12.0 Å². The lowest BCUT2D eigenvalue weighted by molar-refractivity contribution is 0.0539. The van der Waals surface area contributed by atoms with Gasteiger partial charge >= 0.3 is 0 Å². The summed E-state index contributed by atoms with van der Waals surface area (Å²) in [5, 5.41) is 14.8. The number of benzene rings is 2. The molecule has 3 N–H and O–H groups in total. The second-order valence-corrected chi connectivity index (χ2v) is 9.40. The Hall–Kier alpha value is -3.27. The first-order valence-electron chi connectivity index (χ1n) is 12.0. The Morgan fingerprint density at radius 3 is 2.78 bits per heavy atom. The van der Waals surface area contributed by atoms with Crippen molar-refractivity contribution in [3.05, 3.63) is 75.9 Å². The highest BCUT2D eigenvalue weighted by Crippen LogP contribution is 2.52. The zero-order valence-electron chi connectivity index (χ0n) is 20.1. The zero-order chi connectivity index (χ0) is 26.2. The minimum absolute atomic E-state index is 0.0137. The monoisotopic (exact) mass is 529 g/mol. The third kappa shape index (κ3) is 4.31. The van der Waals surface area contributed by atoms with Crippen molar-refractivity contribution < 1.29 is 28.2 Å². The molecular formula is C27H26ClF2N3O4. The van der Waals surface area contributed by atoms with Crippen LogP contribution in [0.2, 0.25) is 5.02 Å². The van der Waals surface area contributed by atoms with Crippen molar-refractivity contribution >= 4 is 17.5 Å². The maximum atomic E-state index is 16.0. The van der Waals surface area contributed by atoms with Crippen LogP contribution in [0.3, 0.4) is 0 Å². The van der Waals surface area contributed by atoms with Gasteiger partial charge in [-0.15, -0.1) is 0 Å². The van der Waals surface area contributed by atoms with E-state index in [0.717, 1.165) is 31.1 Å². The number of aliphatic hydroxyl groups excluding tert-OH is 1. The molecule has 0 spiro atoms. The summed E-state index contributed by atoms with van der Waals surface area (Å²) >= 11 is 6.51. The highest BCUT2D eigenvalue weighted by Gasteiger charge is 2.50. The van der Waals surface area contributed by atoms with Gasteiger partial charge in [-0.05, 0) is 24.9 Å². The van der Waals surface area contributed by atoms with Crippen molar-refractivity contribution in [2.45, 2.75) is 30.9 Å². The topological polar surface area (TPSA) is 92.7 Å². The van der Waals surface area contributed by atoms with E-state index in [1.165, 1.54) is 13.1 Å².